The molecule has 0 radical (unpaired) electrons. The van der Waals surface area contributed by atoms with Crippen LogP contribution >= 0.6 is 11.8 Å². The van der Waals surface area contributed by atoms with Crippen LogP contribution in [0.4, 0.5) is 4.79 Å². The summed E-state index contributed by atoms with van der Waals surface area (Å²) in [4.78, 5) is 11.8. The molecule has 1 heterocycles. The molecule has 3 nitrogen and oxygen atoms in total. The standard InChI is InChI=1S/C19H22O3S/c1-19(2,3)22-18(20)21-14-9-10-15-13(12-14)6-4-7-16(15)17-8-5-11-23-17/h4,6-7,9-10,12,17H,5,8,11H2,1-3H3. The summed E-state index contributed by atoms with van der Waals surface area (Å²) in [5.74, 6) is 1.75. The highest BCUT2D eigenvalue weighted by Crippen LogP contribution is 2.42. The second-order valence-corrected chi connectivity index (χ2v) is 8.11. The number of thioether (sulfide) groups is 1. The number of carbonyl (C=O) groups excluding carboxylic acids is 1. The van der Waals surface area contributed by atoms with E-state index in [4.69, 9.17) is 9.47 Å². The van der Waals surface area contributed by atoms with Gasteiger partial charge in [0, 0.05) is 5.25 Å². The first-order chi connectivity index (χ1) is 10.9. The molecule has 2 aromatic carbocycles. The summed E-state index contributed by atoms with van der Waals surface area (Å²) in [5.41, 5.74) is 0.828. The van der Waals surface area contributed by atoms with Crippen molar-refractivity contribution in [2.75, 3.05) is 5.75 Å². The maximum atomic E-state index is 11.8. The van der Waals surface area contributed by atoms with Crippen molar-refractivity contribution in [3.8, 4) is 5.75 Å². The fourth-order valence-corrected chi connectivity index (χ4v) is 4.16. The van der Waals surface area contributed by atoms with E-state index in [0.717, 1.165) is 5.39 Å². The van der Waals surface area contributed by atoms with Crippen molar-refractivity contribution < 1.29 is 14.3 Å². The summed E-state index contributed by atoms with van der Waals surface area (Å²) in [6, 6.07) is 12.1. The molecule has 4 heteroatoms. The highest BCUT2D eigenvalue weighted by atomic mass is 32.2. The van der Waals surface area contributed by atoms with Gasteiger partial charge in [0.05, 0.1) is 0 Å². The lowest BCUT2D eigenvalue weighted by Gasteiger charge is -2.19. The minimum Gasteiger partial charge on any atom is -0.428 e. The topological polar surface area (TPSA) is 35.5 Å². The van der Waals surface area contributed by atoms with Crippen LogP contribution in [0.25, 0.3) is 10.8 Å². The van der Waals surface area contributed by atoms with E-state index in [1.807, 2.05) is 50.7 Å². The third kappa shape index (κ3) is 3.99. The van der Waals surface area contributed by atoms with Crippen molar-refractivity contribution in [1.82, 2.24) is 0 Å². The van der Waals surface area contributed by atoms with Crippen LogP contribution in [0.1, 0.15) is 44.4 Å². The molecule has 0 amide bonds. The predicted octanol–water partition coefficient (Wildman–Crippen LogP) is 5.72. The number of hydrogen-bond acceptors (Lipinski definition) is 4. The minimum atomic E-state index is -0.667. The molecular formula is C19H22O3S. The Morgan fingerprint density at radius 2 is 2.04 bits per heavy atom. The normalized spacial score (nSPS) is 18.1. The second kappa shape index (κ2) is 6.44. The van der Waals surface area contributed by atoms with Gasteiger partial charge in [-0.1, -0.05) is 24.3 Å². The van der Waals surface area contributed by atoms with Gasteiger partial charge in [-0.25, -0.2) is 4.79 Å². The van der Waals surface area contributed by atoms with Gasteiger partial charge in [-0.2, -0.15) is 11.8 Å². The summed E-state index contributed by atoms with van der Waals surface area (Å²) < 4.78 is 10.5. The van der Waals surface area contributed by atoms with Crippen LogP contribution in [0.2, 0.25) is 0 Å². The van der Waals surface area contributed by atoms with Crippen molar-refractivity contribution >= 4 is 28.7 Å². The summed E-state index contributed by atoms with van der Waals surface area (Å²) in [6.07, 6.45) is 1.85. The zero-order chi connectivity index (χ0) is 16.4. The average Bonchev–Trinajstić information content (AvgIpc) is 2.98. The van der Waals surface area contributed by atoms with Gasteiger partial charge in [-0.05, 0) is 67.8 Å². The Labute approximate surface area is 141 Å². The monoisotopic (exact) mass is 330 g/mol. The molecule has 0 aliphatic carbocycles. The molecule has 1 aliphatic rings. The molecule has 0 N–H and O–H groups in total. The minimum absolute atomic E-state index is 0.517. The highest BCUT2D eigenvalue weighted by Gasteiger charge is 2.20. The van der Waals surface area contributed by atoms with Crippen LogP contribution in [0.15, 0.2) is 36.4 Å². The Kier molecular flexibility index (Phi) is 4.53. The van der Waals surface area contributed by atoms with E-state index in [-0.39, 0.29) is 0 Å². The summed E-state index contributed by atoms with van der Waals surface area (Å²) in [7, 11) is 0. The quantitative estimate of drug-likeness (QED) is 0.521. The number of benzene rings is 2. The molecule has 1 atom stereocenters. The van der Waals surface area contributed by atoms with Crippen molar-refractivity contribution in [3.63, 3.8) is 0 Å². The summed E-state index contributed by atoms with van der Waals surface area (Å²) >= 11 is 2.03. The zero-order valence-corrected chi connectivity index (χ0v) is 14.6. The second-order valence-electron chi connectivity index (χ2n) is 6.80. The van der Waals surface area contributed by atoms with E-state index in [0.29, 0.717) is 11.0 Å². The van der Waals surface area contributed by atoms with Crippen LogP contribution in [0, 0.1) is 0 Å². The van der Waals surface area contributed by atoms with E-state index >= 15 is 0 Å². The van der Waals surface area contributed by atoms with Crippen molar-refractivity contribution in [3.05, 3.63) is 42.0 Å². The molecule has 3 rings (SSSR count). The number of ether oxygens (including phenoxy) is 2. The third-order valence-corrected chi connectivity index (χ3v) is 5.17. The van der Waals surface area contributed by atoms with Gasteiger partial charge < -0.3 is 9.47 Å². The Balaban J connectivity index is 1.84. The first kappa shape index (κ1) is 16.2. The van der Waals surface area contributed by atoms with Gasteiger partial charge >= 0.3 is 6.16 Å². The van der Waals surface area contributed by atoms with E-state index in [1.165, 1.54) is 29.5 Å². The van der Waals surface area contributed by atoms with Crippen molar-refractivity contribution in [1.29, 1.82) is 0 Å². The lowest BCUT2D eigenvalue weighted by Crippen LogP contribution is -2.25. The van der Waals surface area contributed by atoms with Gasteiger partial charge in [0.15, 0.2) is 0 Å². The molecular weight excluding hydrogens is 308 g/mol. The molecule has 0 aromatic heterocycles. The fraction of sp³-hybridized carbons (Fsp3) is 0.421. The summed E-state index contributed by atoms with van der Waals surface area (Å²) in [5, 5.41) is 2.91. The lowest BCUT2D eigenvalue weighted by atomic mass is 10.00. The number of rotatable bonds is 2. The molecule has 1 saturated heterocycles. The average molecular weight is 330 g/mol. The van der Waals surface area contributed by atoms with Crippen LogP contribution in [-0.4, -0.2) is 17.5 Å². The molecule has 1 unspecified atom stereocenters. The van der Waals surface area contributed by atoms with E-state index in [2.05, 4.69) is 18.2 Å². The largest absolute Gasteiger partial charge is 0.514 e. The first-order valence-corrected chi connectivity index (χ1v) is 9.02. The van der Waals surface area contributed by atoms with Gasteiger partial charge in [0.25, 0.3) is 0 Å². The molecule has 122 valence electrons. The smallest absolute Gasteiger partial charge is 0.428 e. The molecule has 0 spiro atoms. The first-order valence-electron chi connectivity index (χ1n) is 7.97. The van der Waals surface area contributed by atoms with Crippen LogP contribution in [0.3, 0.4) is 0 Å². The maximum Gasteiger partial charge on any atom is 0.514 e. The Morgan fingerprint density at radius 1 is 1.22 bits per heavy atom. The van der Waals surface area contributed by atoms with E-state index in [9.17, 15) is 4.79 Å². The molecule has 0 saturated carbocycles. The zero-order valence-electron chi connectivity index (χ0n) is 13.8. The Morgan fingerprint density at radius 3 is 2.74 bits per heavy atom. The van der Waals surface area contributed by atoms with E-state index < -0.39 is 11.8 Å². The number of fused-ring (bicyclic) bond motifs is 1. The van der Waals surface area contributed by atoms with Gasteiger partial charge in [-0.15, -0.1) is 0 Å². The van der Waals surface area contributed by atoms with Gasteiger partial charge in [0.2, 0.25) is 0 Å². The van der Waals surface area contributed by atoms with Crippen LogP contribution in [0.5, 0.6) is 5.75 Å². The Hall–Kier alpha value is -1.68. The summed E-state index contributed by atoms with van der Waals surface area (Å²) in [6.45, 7) is 5.46. The molecule has 1 aliphatic heterocycles. The van der Waals surface area contributed by atoms with Gasteiger partial charge in [-0.3, -0.25) is 0 Å². The molecule has 1 fully saturated rings. The predicted molar refractivity (Wildman–Crippen MR) is 95.2 cm³/mol. The van der Waals surface area contributed by atoms with Gasteiger partial charge in [0.1, 0.15) is 11.4 Å². The van der Waals surface area contributed by atoms with Crippen molar-refractivity contribution in [2.45, 2.75) is 44.5 Å². The molecule has 2 aromatic rings. The van der Waals surface area contributed by atoms with Crippen LogP contribution < -0.4 is 4.74 Å². The fourth-order valence-electron chi connectivity index (χ4n) is 2.82. The molecule has 0 bridgehead atoms. The highest BCUT2D eigenvalue weighted by molar-refractivity contribution is 7.99. The SMILES string of the molecule is CC(C)(C)OC(=O)Oc1ccc2c(C3CCCS3)cccc2c1. The molecule has 23 heavy (non-hydrogen) atoms. The maximum absolute atomic E-state index is 11.8. The number of carbonyl (C=O) groups is 1. The Bertz CT molecular complexity index is 712. The third-order valence-electron chi connectivity index (χ3n) is 3.75. The van der Waals surface area contributed by atoms with Crippen molar-refractivity contribution in [2.24, 2.45) is 0 Å². The van der Waals surface area contributed by atoms with E-state index in [1.54, 1.807) is 0 Å². The number of hydrogen-bond donors (Lipinski definition) is 0. The lowest BCUT2D eigenvalue weighted by molar-refractivity contribution is 0.0206. The van der Waals surface area contributed by atoms with Crippen LogP contribution in [-0.2, 0) is 4.74 Å².